The second-order valence-electron chi connectivity index (χ2n) is 7.08. The lowest BCUT2D eigenvalue weighted by molar-refractivity contribution is -0.115. The highest BCUT2D eigenvalue weighted by Gasteiger charge is 2.12. The Hall–Kier alpha value is -3.04. The first-order valence-electron chi connectivity index (χ1n) is 9.65. The Morgan fingerprint density at radius 3 is 2.69 bits per heavy atom. The average Bonchev–Trinajstić information content (AvgIpc) is 2.75. The van der Waals surface area contributed by atoms with Crippen LogP contribution >= 0.6 is 11.6 Å². The Morgan fingerprint density at radius 1 is 1.10 bits per heavy atom. The van der Waals surface area contributed by atoms with Gasteiger partial charge in [-0.25, -0.2) is 0 Å². The molecule has 0 radical (unpaired) electrons. The molecule has 0 atom stereocenters. The number of carbonyl (C=O) groups excluding carboxylic acids is 1. The van der Waals surface area contributed by atoms with E-state index in [4.69, 9.17) is 16.3 Å². The summed E-state index contributed by atoms with van der Waals surface area (Å²) < 4.78 is 5.14. The molecular weight excluding hydrogens is 382 g/mol. The van der Waals surface area contributed by atoms with Crippen molar-refractivity contribution in [3.05, 3.63) is 88.5 Å². The van der Waals surface area contributed by atoms with Crippen LogP contribution in [0.3, 0.4) is 0 Å². The maximum Gasteiger partial charge on any atom is 0.228 e. The van der Waals surface area contributed by atoms with Crippen LogP contribution in [0.15, 0.2) is 66.7 Å². The quantitative estimate of drug-likeness (QED) is 0.554. The fourth-order valence-electron chi connectivity index (χ4n) is 3.63. The Kier molecular flexibility index (Phi) is 5.68. The summed E-state index contributed by atoms with van der Waals surface area (Å²) in [5, 5.41) is 3.47. The zero-order chi connectivity index (χ0) is 20.2. The second kappa shape index (κ2) is 8.54. The minimum Gasteiger partial charge on any atom is -0.497 e. The predicted molar refractivity (Wildman–Crippen MR) is 120 cm³/mol. The van der Waals surface area contributed by atoms with E-state index in [0.29, 0.717) is 10.8 Å². The standard InChI is InChI=1S/C25H22ClNO2/c1-29-21-14-11-19(24(26)16-21)15-25(28)27-20-12-9-18(10-13-20)23-8-4-6-17-5-2-3-7-22(17)23/h3-4,6-14,16H,2,5,15H2,1H3,(H,27,28). The van der Waals surface area contributed by atoms with Gasteiger partial charge in [0.15, 0.2) is 0 Å². The van der Waals surface area contributed by atoms with Crippen molar-refractivity contribution in [2.24, 2.45) is 0 Å². The van der Waals surface area contributed by atoms with E-state index in [9.17, 15) is 4.79 Å². The summed E-state index contributed by atoms with van der Waals surface area (Å²) in [7, 11) is 1.59. The fourth-order valence-corrected chi connectivity index (χ4v) is 3.87. The third-order valence-electron chi connectivity index (χ3n) is 5.15. The third-order valence-corrected chi connectivity index (χ3v) is 5.50. The summed E-state index contributed by atoms with van der Waals surface area (Å²) in [4.78, 5) is 12.4. The number of fused-ring (bicyclic) bond motifs is 1. The molecule has 0 spiro atoms. The van der Waals surface area contributed by atoms with Gasteiger partial charge in [0.25, 0.3) is 0 Å². The van der Waals surface area contributed by atoms with Crippen molar-refractivity contribution >= 4 is 29.3 Å². The normalized spacial score (nSPS) is 12.3. The Labute approximate surface area is 176 Å². The van der Waals surface area contributed by atoms with Crippen LogP contribution in [0.4, 0.5) is 5.69 Å². The number of methoxy groups -OCH3 is 1. The highest BCUT2D eigenvalue weighted by Crippen LogP contribution is 2.31. The van der Waals surface area contributed by atoms with E-state index >= 15 is 0 Å². The van der Waals surface area contributed by atoms with Crippen LogP contribution in [0.2, 0.25) is 5.02 Å². The van der Waals surface area contributed by atoms with Crippen LogP contribution in [-0.2, 0) is 17.6 Å². The van der Waals surface area contributed by atoms with Crippen LogP contribution in [0, 0.1) is 0 Å². The first kappa shape index (κ1) is 19.3. The van der Waals surface area contributed by atoms with E-state index in [1.807, 2.05) is 30.3 Å². The zero-order valence-corrected chi connectivity index (χ0v) is 17.0. The van der Waals surface area contributed by atoms with Gasteiger partial charge in [0.1, 0.15) is 5.75 Å². The minimum absolute atomic E-state index is 0.107. The van der Waals surface area contributed by atoms with Gasteiger partial charge in [0.2, 0.25) is 5.91 Å². The van der Waals surface area contributed by atoms with E-state index in [-0.39, 0.29) is 12.3 Å². The van der Waals surface area contributed by atoms with Gasteiger partial charge in [-0.15, -0.1) is 0 Å². The van der Waals surface area contributed by atoms with Gasteiger partial charge in [0, 0.05) is 10.7 Å². The summed E-state index contributed by atoms with van der Waals surface area (Å²) in [6, 6.07) is 19.8. The van der Waals surface area contributed by atoms with Gasteiger partial charge in [-0.2, -0.15) is 0 Å². The van der Waals surface area contributed by atoms with Crippen LogP contribution < -0.4 is 10.1 Å². The first-order chi connectivity index (χ1) is 14.1. The first-order valence-corrected chi connectivity index (χ1v) is 10.0. The lowest BCUT2D eigenvalue weighted by Gasteiger charge is -2.15. The highest BCUT2D eigenvalue weighted by molar-refractivity contribution is 6.31. The second-order valence-corrected chi connectivity index (χ2v) is 7.49. The minimum atomic E-state index is -0.107. The van der Waals surface area contributed by atoms with E-state index in [1.54, 1.807) is 19.2 Å². The number of ether oxygens (including phenoxy) is 1. The summed E-state index contributed by atoms with van der Waals surface area (Å²) in [5.74, 6) is 0.567. The number of carbonyl (C=O) groups is 1. The number of halogens is 1. The van der Waals surface area contributed by atoms with Crippen molar-refractivity contribution in [3.63, 3.8) is 0 Å². The topological polar surface area (TPSA) is 38.3 Å². The van der Waals surface area contributed by atoms with Gasteiger partial charge < -0.3 is 10.1 Å². The van der Waals surface area contributed by atoms with Crippen LogP contribution in [-0.4, -0.2) is 13.0 Å². The maximum absolute atomic E-state index is 12.4. The molecule has 1 amide bonds. The van der Waals surface area contributed by atoms with Crippen LogP contribution in [0.25, 0.3) is 17.2 Å². The van der Waals surface area contributed by atoms with E-state index in [1.165, 1.54) is 16.7 Å². The maximum atomic E-state index is 12.4. The number of nitrogens with one attached hydrogen (secondary N) is 1. The van der Waals surface area contributed by atoms with Crippen molar-refractivity contribution in [2.45, 2.75) is 19.3 Å². The molecule has 0 fully saturated rings. The molecule has 0 unspecified atom stereocenters. The molecule has 0 heterocycles. The average molecular weight is 404 g/mol. The molecule has 4 rings (SSSR count). The van der Waals surface area contributed by atoms with Crippen LogP contribution in [0.5, 0.6) is 5.75 Å². The monoisotopic (exact) mass is 403 g/mol. The summed E-state index contributed by atoms with van der Waals surface area (Å²) in [6.07, 6.45) is 6.83. The summed E-state index contributed by atoms with van der Waals surface area (Å²) >= 11 is 6.24. The van der Waals surface area contributed by atoms with E-state index in [0.717, 1.165) is 29.7 Å². The predicted octanol–water partition coefficient (Wildman–Crippen LogP) is 6.16. The zero-order valence-electron chi connectivity index (χ0n) is 16.2. The third kappa shape index (κ3) is 4.36. The van der Waals surface area contributed by atoms with Crippen molar-refractivity contribution in [1.82, 2.24) is 0 Å². The molecule has 4 heteroatoms. The fraction of sp³-hybridized carbons (Fsp3) is 0.160. The lowest BCUT2D eigenvalue weighted by atomic mass is 9.90. The molecule has 3 nitrogen and oxygen atoms in total. The number of allylic oxidation sites excluding steroid dienone is 1. The molecule has 1 aliphatic carbocycles. The molecule has 3 aromatic rings. The Balaban J connectivity index is 1.47. The SMILES string of the molecule is COc1ccc(CC(=O)Nc2ccc(-c3cccc4c3C=CCC4)cc2)c(Cl)c1. The van der Waals surface area contributed by atoms with E-state index in [2.05, 4.69) is 35.7 Å². The highest BCUT2D eigenvalue weighted by atomic mass is 35.5. The number of benzene rings is 3. The summed E-state index contributed by atoms with van der Waals surface area (Å²) in [5.41, 5.74) is 6.59. The van der Waals surface area contributed by atoms with Crippen LogP contribution in [0.1, 0.15) is 23.1 Å². The molecule has 3 aromatic carbocycles. The van der Waals surface area contributed by atoms with Crippen molar-refractivity contribution in [1.29, 1.82) is 0 Å². The molecule has 1 N–H and O–H groups in total. The number of rotatable bonds is 5. The molecular formula is C25H22ClNO2. The number of anilines is 1. The molecule has 0 bridgehead atoms. The Morgan fingerprint density at radius 2 is 1.93 bits per heavy atom. The molecule has 0 aliphatic heterocycles. The lowest BCUT2D eigenvalue weighted by Crippen LogP contribution is -2.14. The molecule has 146 valence electrons. The number of amides is 1. The molecule has 29 heavy (non-hydrogen) atoms. The smallest absolute Gasteiger partial charge is 0.228 e. The summed E-state index contributed by atoms with van der Waals surface area (Å²) in [6.45, 7) is 0. The molecule has 0 saturated heterocycles. The van der Waals surface area contributed by atoms with Gasteiger partial charge >= 0.3 is 0 Å². The molecule has 0 aromatic heterocycles. The van der Waals surface area contributed by atoms with E-state index < -0.39 is 0 Å². The number of aryl methyl sites for hydroxylation is 1. The number of hydrogen-bond acceptors (Lipinski definition) is 2. The van der Waals surface area contributed by atoms with Gasteiger partial charge in [-0.3, -0.25) is 4.79 Å². The van der Waals surface area contributed by atoms with Gasteiger partial charge in [-0.1, -0.05) is 60.2 Å². The Bertz CT molecular complexity index is 1070. The number of hydrogen-bond donors (Lipinski definition) is 1. The van der Waals surface area contributed by atoms with Gasteiger partial charge in [-0.05, 0) is 64.9 Å². The van der Waals surface area contributed by atoms with Crippen molar-refractivity contribution < 1.29 is 9.53 Å². The van der Waals surface area contributed by atoms with Crippen molar-refractivity contribution in [2.75, 3.05) is 12.4 Å². The van der Waals surface area contributed by atoms with Crippen molar-refractivity contribution in [3.8, 4) is 16.9 Å². The largest absolute Gasteiger partial charge is 0.497 e. The van der Waals surface area contributed by atoms with Gasteiger partial charge in [0.05, 0.1) is 13.5 Å². The molecule has 0 saturated carbocycles. The molecule has 1 aliphatic rings.